The van der Waals surface area contributed by atoms with Crippen LogP contribution in [0.3, 0.4) is 0 Å². The van der Waals surface area contributed by atoms with Gasteiger partial charge in [-0.3, -0.25) is 0 Å². The molecule has 0 aliphatic heterocycles. The zero-order chi connectivity index (χ0) is 15.0. The topological polar surface area (TPSA) is 41.5 Å². The normalized spacial score (nSPS) is 19.3. The Labute approximate surface area is 128 Å². The monoisotopic (exact) mass is 291 g/mol. The van der Waals surface area contributed by atoms with E-state index in [1.54, 1.807) is 0 Å². The van der Waals surface area contributed by atoms with Gasteiger partial charge >= 0.3 is 0 Å². The third-order valence-electron chi connectivity index (χ3n) is 4.55. The summed E-state index contributed by atoms with van der Waals surface area (Å²) in [6.45, 7) is 3.71. The number of nitrogens with one attached hydrogen (secondary N) is 1. The zero-order valence-electron chi connectivity index (χ0n) is 13.2. The number of benzene rings is 1. The summed E-state index contributed by atoms with van der Waals surface area (Å²) in [5.41, 5.74) is 0.756. The molecule has 21 heavy (non-hydrogen) atoms. The Morgan fingerprint density at radius 3 is 2.52 bits per heavy atom. The van der Waals surface area contributed by atoms with Crippen LogP contribution in [0.25, 0.3) is 0 Å². The molecule has 3 heteroatoms. The molecule has 1 aliphatic rings. The highest BCUT2D eigenvalue weighted by atomic mass is 16.5. The molecule has 0 bridgehead atoms. The number of hydrogen-bond acceptors (Lipinski definition) is 3. The lowest BCUT2D eigenvalue weighted by Gasteiger charge is -2.34. The Morgan fingerprint density at radius 1 is 1.19 bits per heavy atom. The van der Waals surface area contributed by atoms with E-state index < -0.39 is 0 Å². The Balaban J connectivity index is 1.95. The molecule has 1 fully saturated rings. The first kappa shape index (κ1) is 16.5. The minimum Gasteiger partial charge on any atom is -0.394 e. The summed E-state index contributed by atoms with van der Waals surface area (Å²) < 4.78 is 6.06. The number of hydrogen-bond donors (Lipinski definition) is 2. The van der Waals surface area contributed by atoms with Gasteiger partial charge < -0.3 is 15.2 Å². The van der Waals surface area contributed by atoms with Gasteiger partial charge in [-0.15, -0.1) is 0 Å². The average Bonchev–Trinajstić information content (AvgIpc) is 2.56. The first-order valence-corrected chi connectivity index (χ1v) is 8.34. The lowest BCUT2D eigenvalue weighted by atomic mass is 9.87. The number of likely N-dealkylation sites (N-methyl/N-ethyl adjacent to an activating group) is 1. The van der Waals surface area contributed by atoms with E-state index in [0.717, 1.165) is 18.5 Å². The fraction of sp³-hybridized carbons (Fsp3) is 0.667. The summed E-state index contributed by atoms with van der Waals surface area (Å²) in [6, 6.07) is 10.2. The molecule has 0 spiro atoms. The second-order valence-electron chi connectivity index (χ2n) is 6.02. The molecule has 0 aromatic heterocycles. The van der Waals surface area contributed by atoms with Crippen molar-refractivity contribution in [2.75, 3.05) is 19.8 Å². The third-order valence-corrected chi connectivity index (χ3v) is 4.55. The van der Waals surface area contributed by atoms with Gasteiger partial charge in [-0.1, -0.05) is 56.5 Å². The maximum Gasteiger partial charge on any atom is 0.0691 e. The summed E-state index contributed by atoms with van der Waals surface area (Å²) in [5.74, 6) is 0. The van der Waals surface area contributed by atoms with Crippen LogP contribution in [-0.2, 0) is 10.3 Å². The lowest BCUT2D eigenvalue weighted by molar-refractivity contribution is 0.00830. The van der Waals surface area contributed by atoms with E-state index >= 15 is 0 Å². The van der Waals surface area contributed by atoms with Crippen LogP contribution in [0.4, 0.5) is 0 Å². The van der Waals surface area contributed by atoms with Crippen LogP contribution < -0.4 is 5.32 Å². The van der Waals surface area contributed by atoms with Crippen molar-refractivity contribution in [3.05, 3.63) is 35.9 Å². The fourth-order valence-electron chi connectivity index (χ4n) is 3.29. The van der Waals surface area contributed by atoms with Gasteiger partial charge in [0.05, 0.1) is 18.2 Å². The van der Waals surface area contributed by atoms with Crippen molar-refractivity contribution < 1.29 is 9.84 Å². The van der Waals surface area contributed by atoms with Crippen molar-refractivity contribution in [2.45, 2.75) is 57.1 Å². The van der Waals surface area contributed by atoms with E-state index in [1.807, 2.05) is 18.2 Å². The van der Waals surface area contributed by atoms with Gasteiger partial charge in [-0.05, 0) is 31.4 Å². The molecule has 0 saturated heterocycles. The van der Waals surface area contributed by atoms with Gasteiger partial charge in [0.25, 0.3) is 0 Å². The predicted octanol–water partition coefficient (Wildman–Crippen LogP) is 3.22. The van der Waals surface area contributed by atoms with Crippen molar-refractivity contribution in [2.24, 2.45) is 0 Å². The largest absolute Gasteiger partial charge is 0.394 e. The van der Waals surface area contributed by atoms with Gasteiger partial charge in [0.15, 0.2) is 0 Å². The van der Waals surface area contributed by atoms with Gasteiger partial charge in [0, 0.05) is 6.61 Å². The van der Waals surface area contributed by atoms with E-state index in [9.17, 15) is 5.11 Å². The van der Waals surface area contributed by atoms with Crippen LogP contribution in [0.15, 0.2) is 30.3 Å². The van der Waals surface area contributed by atoms with E-state index in [1.165, 1.54) is 32.1 Å². The van der Waals surface area contributed by atoms with Gasteiger partial charge in [-0.25, -0.2) is 0 Å². The number of aliphatic hydroxyl groups excluding tert-OH is 1. The highest BCUT2D eigenvalue weighted by Gasteiger charge is 2.30. The molecule has 118 valence electrons. The molecule has 1 atom stereocenters. The molecule has 1 saturated carbocycles. The minimum absolute atomic E-state index is 0.0961. The van der Waals surface area contributed by atoms with Crippen LogP contribution in [0.2, 0.25) is 0 Å². The molecule has 0 amide bonds. The summed E-state index contributed by atoms with van der Waals surface area (Å²) in [6.07, 6.45) is 7.55. The summed E-state index contributed by atoms with van der Waals surface area (Å²) in [5, 5.41) is 13.4. The Kier molecular flexibility index (Phi) is 6.68. The minimum atomic E-state index is -0.384. The molecule has 1 unspecified atom stereocenters. The molecule has 3 nitrogen and oxygen atoms in total. The van der Waals surface area contributed by atoms with Gasteiger partial charge in [0.1, 0.15) is 0 Å². The molecular weight excluding hydrogens is 262 g/mol. The van der Waals surface area contributed by atoms with Crippen LogP contribution in [-0.4, -0.2) is 31.0 Å². The Morgan fingerprint density at radius 2 is 1.90 bits per heavy atom. The Bertz CT molecular complexity index is 389. The number of aliphatic hydroxyl groups is 1. The van der Waals surface area contributed by atoms with Crippen LogP contribution in [0.1, 0.15) is 51.0 Å². The van der Waals surface area contributed by atoms with E-state index in [0.29, 0.717) is 12.7 Å². The van der Waals surface area contributed by atoms with Crippen molar-refractivity contribution >= 4 is 0 Å². The van der Waals surface area contributed by atoms with Crippen molar-refractivity contribution in [3.8, 4) is 0 Å². The van der Waals surface area contributed by atoms with Crippen LogP contribution >= 0.6 is 0 Å². The fourth-order valence-corrected chi connectivity index (χ4v) is 3.29. The second kappa shape index (κ2) is 8.52. The van der Waals surface area contributed by atoms with Crippen LogP contribution in [0, 0.1) is 0 Å². The van der Waals surface area contributed by atoms with Gasteiger partial charge in [-0.2, -0.15) is 0 Å². The molecule has 1 aromatic rings. The highest BCUT2D eigenvalue weighted by molar-refractivity contribution is 5.24. The van der Waals surface area contributed by atoms with Gasteiger partial charge in [0.2, 0.25) is 0 Å². The Hall–Kier alpha value is -0.900. The standard InChI is InChI=1S/C18H29NO2/c1-2-19-18(15-20,16-9-5-3-6-10-16)13-14-21-17-11-7-4-8-12-17/h3,5-6,9-10,17,19-20H,2,4,7-8,11-15H2,1H3. The van der Waals surface area contributed by atoms with Crippen molar-refractivity contribution in [3.63, 3.8) is 0 Å². The molecule has 2 N–H and O–H groups in total. The average molecular weight is 291 g/mol. The van der Waals surface area contributed by atoms with E-state index in [-0.39, 0.29) is 12.1 Å². The van der Waals surface area contributed by atoms with Crippen molar-refractivity contribution in [1.82, 2.24) is 5.32 Å². The SMILES string of the molecule is CCNC(CO)(CCOC1CCCCC1)c1ccccc1. The zero-order valence-corrected chi connectivity index (χ0v) is 13.2. The number of rotatable bonds is 8. The molecule has 0 heterocycles. The number of ether oxygens (including phenoxy) is 1. The maximum atomic E-state index is 9.98. The highest BCUT2D eigenvalue weighted by Crippen LogP contribution is 2.26. The molecule has 2 rings (SSSR count). The van der Waals surface area contributed by atoms with Crippen LogP contribution in [0.5, 0.6) is 0 Å². The first-order chi connectivity index (χ1) is 10.3. The molecule has 0 radical (unpaired) electrons. The smallest absolute Gasteiger partial charge is 0.0691 e. The third kappa shape index (κ3) is 4.53. The van der Waals surface area contributed by atoms with E-state index in [2.05, 4.69) is 24.4 Å². The second-order valence-corrected chi connectivity index (χ2v) is 6.02. The summed E-state index contributed by atoms with van der Waals surface area (Å²) in [7, 11) is 0. The predicted molar refractivity (Wildman–Crippen MR) is 86.3 cm³/mol. The molecular formula is C18H29NO2. The summed E-state index contributed by atoms with van der Waals surface area (Å²) >= 11 is 0. The van der Waals surface area contributed by atoms with Crippen molar-refractivity contribution in [1.29, 1.82) is 0 Å². The lowest BCUT2D eigenvalue weighted by Crippen LogP contribution is -2.46. The van der Waals surface area contributed by atoms with E-state index in [4.69, 9.17) is 4.74 Å². The maximum absolute atomic E-state index is 9.98. The summed E-state index contributed by atoms with van der Waals surface area (Å²) in [4.78, 5) is 0. The first-order valence-electron chi connectivity index (χ1n) is 8.34. The molecule has 1 aromatic carbocycles. The quantitative estimate of drug-likeness (QED) is 0.772. The molecule has 1 aliphatic carbocycles.